The van der Waals surface area contributed by atoms with Gasteiger partial charge < -0.3 is 23.8 Å². The number of anilines is 9. The standard InChI is InChI=1S/C112H96BN5/c1-109(2,3)79-61-77(62-80(65-79)110(4,5)6)78-63-104-106-105(64-78)118(108-93(75-41-23-15-24-42-75)68-82(112(10,11)12)69-94(108)76-43-25-16-26-44-76)103-72-87(116-100-54-36-33-51-90(100)95-70-85(57-60-101(95)116)114(83-45-27-17-28-46-83)84-47-29-18-30-48-84)56-59-97(103)113(106)96-58-55-86(115-98-52-34-31-49-88(98)89-50-32-35-53-99(89)115)71-102(96)117(104)107-91(73-37-19-13-20-38-73)66-81(111(7,8)9)67-92(107)74-39-21-14-22-40-74/h13-72H,1-12H3/i31D,32D,34D,35D,49D,50D,52D,53D. The highest BCUT2D eigenvalue weighted by Crippen LogP contribution is 2.57. The van der Waals surface area contributed by atoms with Gasteiger partial charge in [-0.2, -0.15) is 0 Å². The predicted octanol–water partition coefficient (Wildman–Crippen LogP) is 29.0. The first-order valence-electron chi connectivity index (χ1n) is 45.2. The number of fused-ring (bicyclic) bond motifs is 10. The molecule has 0 N–H and O–H groups in total. The Labute approximate surface area is 706 Å². The summed E-state index contributed by atoms with van der Waals surface area (Å²) in [4.78, 5) is 7.45. The number of para-hydroxylation sites is 5. The second-order valence-electron chi connectivity index (χ2n) is 36.0. The Morgan fingerprint density at radius 3 is 1.02 bits per heavy atom. The zero-order chi connectivity index (χ0) is 87.6. The van der Waals surface area contributed by atoms with E-state index < -0.39 is 43.0 Å². The lowest BCUT2D eigenvalue weighted by molar-refractivity contribution is 0.569. The lowest BCUT2D eigenvalue weighted by Crippen LogP contribution is -2.61. The topological polar surface area (TPSA) is 19.6 Å². The molecule has 20 rings (SSSR count). The maximum Gasteiger partial charge on any atom is 0.252 e. The summed E-state index contributed by atoms with van der Waals surface area (Å²) < 4.78 is 81.0. The van der Waals surface area contributed by atoms with E-state index >= 15 is 0 Å². The van der Waals surface area contributed by atoms with Gasteiger partial charge in [0.2, 0.25) is 0 Å². The second-order valence-corrected chi connectivity index (χ2v) is 36.0. The largest absolute Gasteiger partial charge is 0.310 e. The summed E-state index contributed by atoms with van der Waals surface area (Å²) in [5.41, 5.74) is 28.4. The fourth-order valence-electron chi connectivity index (χ4n) is 18.2. The molecular formula is C112H96BN5. The normalized spacial score (nSPS) is 13.8. The molecule has 0 bridgehead atoms. The highest BCUT2D eigenvalue weighted by atomic mass is 15.2. The molecule has 0 aliphatic carbocycles. The number of rotatable bonds is 12. The Balaban J connectivity index is 0.995. The fraction of sp³-hybridized carbons (Fsp3) is 0.143. The van der Waals surface area contributed by atoms with Gasteiger partial charge in [-0.25, -0.2) is 0 Å². The molecule has 0 radical (unpaired) electrons. The third-order valence-corrected chi connectivity index (χ3v) is 24.3. The molecule has 572 valence electrons. The molecule has 0 saturated heterocycles. The summed E-state index contributed by atoms with van der Waals surface area (Å²) in [5.74, 6) is 0. The van der Waals surface area contributed by atoms with E-state index in [1.54, 1.807) is 4.57 Å². The molecule has 2 aromatic heterocycles. The molecular weight excluding hydrogens is 1430 g/mol. The van der Waals surface area contributed by atoms with Gasteiger partial charge in [-0.15, -0.1) is 0 Å². The molecule has 5 nitrogen and oxygen atoms in total. The van der Waals surface area contributed by atoms with Crippen LogP contribution < -0.4 is 31.1 Å². The monoisotopic (exact) mass is 1530 g/mol. The molecule has 118 heavy (non-hydrogen) atoms. The van der Waals surface area contributed by atoms with E-state index in [9.17, 15) is 11.0 Å². The van der Waals surface area contributed by atoms with Crippen molar-refractivity contribution in [3.05, 3.63) is 386 Å². The van der Waals surface area contributed by atoms with Crippen molar-refractivity contribution in [2.24, 2.45) is 0 Å². The summed E-state index contributed by atoms with van der Waals surface area (Å²) in [7, 11) is 0. The van der Waals surface area contributed by atoms with Gasteiger partial charge in [0.05, 0.1) is 44.4 Å². The van der Waals surface area contributed by atoms with Crippen LogP contribution in [0, 0.1) is 0 Å². The van der Waals surface area contributed by atoms with Crippen molar-refractivity contribution in [1.29, 1.82) is 0 Å². The van der Waals surface area contributed by atoms with Crippen LogP contribution in [0.4, 0.5) is 51.2 Å². The van der Waals surface area contributed by atoms with E-state index in [1.165, 1.54) is 16.7 Å². The molecule has 0 fully saturated rings. The third kappa shape index (κ3) is 12.5. The molecule has 18 aromatic rings. The van der Waals surface area contributed by atoms with Gasteiger partial charge in [-0.05, 0) is 215 Å². The maximum absolute atomic E-state index is 10.0. The van der Waals surface area contributed by atoms with Crippen molar-refractivity contribution in [2.75, 3.05) is 14.7 Å². The van der Waals surface area contributed by atoms with Gasteiger partial charge in [-0.1, -0.05) is 326 Å². The Morgan fingerprint density at radius 1 is 0.263 bits per heavy atom. The van der Waals surface area contributed by atoms with Crippen LogP contribution in [0.25, 0.3) is 111 Å². The Hall–Kier alpha value is -13.4. The van der Waals surface area contributed by atoms with E-state index in [0.717, 1.165) is 156 Å². The highest BCUT2D eigenvalue weighted by Gasteiger charge is 2.47. The van der Waals surface area contributed by atoms with Gasteiger partial charge in [0, 0.05) is 95.0 Å². The fourth-order valence-corrected chi connectivity index (χ4v) is 18.2. The molecule has 16 aromatic carbocycles. The Bertz CT molecular complexity index is 7200. The molecule has 0 amide bonds. The Morgan fingerprint density at radius 2 is 0.610 bits per heavy atom. The third-order valence-electron chi connectivity index (χ3n) is 24.3. The molecule has 6 heteroatoms. The van der Waals surface area contributed by atoms with E-state index in [-0.39, 0.29) is 55.6 Å². The first-order chi connectivity index (χ1) is 60.4. The molecule has 2 aliphatic heterocycles. The summed E-state index contributed by atoms with van der Waals surface area (Å²) >= 11 is 0. The van der Waals surface area contributed by atoms with Crippen LogP contribution in [0.3, 0.4) is 0 Å². The zero-order valence-electron chi connectivity index (χ0n) is 76.8. The van der Waals surface area contributed by atoms with Crippen LogP contribution in [-0.4, -0.2) is 15.8 Å². The van der Waals surface area contributed by atoms with Gasteiger partial charge in [0.25, 0.3) is 6.71 Å². The maximum atomic E-state index is 10.0. The molecule has 0 atom stereocenters. The summed E-state index contributed by atoms with van der Waals surface area (Å²) in [6, 6.07) is 112. The van der Waals surface area contributed by atoms with E-state index in [2.05, 4.69) is 412 Å². The van der Waals surface area contributed by atoms with Crippen molar-refractivity contribution in [3.8, 4) is 67.0 Å². The van der Waals surface area contributed by atoms with Crippen LogP contribution >= 0.6 is 0 Å². The zero-order valence-corrected chi connectivity index (χ0v) is 68.8. The molecule has 2 aliphatic rings. The van der Waals surface area contributed by atoms with Crippen LogP contribution in [0.1, 0.15) is 116 Å². The number of hydrogen-bond acceptors (Lipinski definition) is 3. The highest BCUT2D eigenvalue weighted by molar-refractivity contribution is 7.00. The van der Waals surface area contributed by atoms with Gasteiger partial charge in [0.15, 0.2) is 0 Å². The van der Waals surface area contributed by atoms with Crippen molar-refractivity contribution in [2.45, 2.75) is 105 Å². The summed E-state index contributed by atoms with van der Waals surface area (Å²) in [5, 5.41) is 2.19. The summed E-state index contributed by atoms with van der Waals surface area (Å²) in [6.45, 7) is 27.0. The van der Waals surface area contributed by atoms with Crippen LogP contribution in [0.5, 0.6) is 0 Å². The van der Waals surface area contributed by atoms with Gasteiger partial charge in [0.1, 0.15) is 0 Å². The molecule has 0 spiro atoms. The summed E-state index contributed by atoms with van der Waals surface area (Å²) in [6.07, 6.45) is 0. The average molecular weight is 1530 g/mol. The predicted molar refractivity (Wildman–Crippen MR) is 506 cm³/mol. The van der Waals surface area contributed by atoms with Crippen molar-refractivity contribution < 1.29 is 11.0 Å². The first kappa shape index (κ1) is 64.8. The minimum atomic E-state index is -0.575. The first-order valence-corrected chi connectivity index (χ1v) is 41.2. The van der Waals surface area contributed by atoms with E-state index in [1.807, 2.05) is 6.07 Å². The second kappa shape index (κ2) is 28.2. The minimum absolute atomic E-state index is 0.00206. The van der Waals surface area contributed by atoms with Crippen molar-refractivity contribution >= 4 is 118 Å². The average Bonchev–Trinajstić information content (AvgIpc) is 0.892. The lowest BCUT2D eigenvalue weighted by atomic mass is 9.33. The molecule has 0 unspecified atom stereocenters. The lowest BCUT2D eigenvalue weighted by Gasteiger charge is -2.46. The molecule has 0 saturated carbocycles. The number of hydrogen-bond donors (Lipinski definition) is 0. The van der Waals surface area contributed by atoms with Crippen molar-refractivity contribution in [3.63, 3.8) is 0 Å². The van der Waals surface area contributed by atoms with Gasteiger partial charge in [-0.3, -0.25) is 0 Å². The number of nitrogens with zero attached hydrogens (tertiary/aromatic N) is 5. The van der Waals surface area contributed by atoms with Crippen LogP contribution in [0.15, 0.2) is 364 Å². The SMILES string of the molecule is [2H]c1c([2H])c([2H])c2c(c1[2H])c1c([2H])c([2H])c([2H])c([2H])c1n2-c1ccc2c(c1)N(c1c(-c3ccccc3)cc(C(C)(C)C)cc1-c1ccccc1)c1cc(-c3cc(C(C)(C)C)cc(C(C)(C)C)c3)cc3c1B2c1ccc(-n2c4ccccc4c4cc(N(c5ccccc5)c5ccccc5)ccc42)cc1N3c1c(-c2ccccc2)cc(C(C)(C)C)cc1-c1ccccc1. The molecule has 4 heterocycles. The van der Waals surface area contributed by atoms with E-state index in [4.69, 9.17) is 0 Å². The van der Waals surface area contributed by atoms with Crippen molar-refractivity contribution in [1.82, 2.24) is 9.13 Å². The Kier molecular flexibility index (Phi) is 15.5. The smallest absolute Gasteiger partial charge is 0.252 e. The quantitative estimate of drug-likeness (QED) is 0.114. The minimum Gasteiger partial charge on any atom is -0.310 e. The number of aromatic nitrogens is 2. The van der Waals surface area contributed by atoms with Gasteiger partial charge >= 0.3 is 0 Å². The van der Waals surface area contributed by atoms with Crippen LogP contribution in [-0.2, 0) is 21.7 Å². The van der Waals surface area contributed by atoms with E-state index in [0.29, 0.717) is 5.69 Å². The van der Waals surface area contributed by atoms with Crippen LogP contribution in [0.2, 0.25) is 0 Å². The number of benzene rings is 16.